The number of sulfonamides is 1. The Bertz CT molecular complexity index is 1500. The van der Waals surface area contributed by atoms with E-state index in [4.69, 9.17) is 0 Å². The van der Waals surface area contributed by atoms with Gasteiger partial charge in [-0.15, -0.1) is 0 Å². The van der Waals surface area contributed by atoms with Crippen LogP contribution in [0.1, 0.15) is 12.5 Å². The summed E-state index contributed by atoms with van der Waals surface area (Å²) in [4.78, 5) is 7.62. The van der Waals surface area contributed by atoms with Crippen LogP contribution in [0.5, 0.6) is 5.88 Å². The van der Waals surface area contributed by atoms with Gasteiger partial charge >= 0.3 is 12.8 Å². The maximum Gasteiger partial charge on any atom is 0.404 e. The topological polar surface area (TPSA) is 110 Å². The molecule has 1 atom stereocenters. The van der Waals surface area contributed by atoms with Crippen LogP contribution in [0.3, 0.4) is 0 Å². The van der Waals surface area contributed by atoms with Gasteiger partial charge in [0, 0.05) is 23.3 Å². The number of alkyl halides is 5. The van der Waals surface area contributed by atoms with Gasteiger partial charge in [-0.25, -0.2) is 8.42 Å². The number of ether oxygens (including phenoxy) is 1. The van der Waals surface area contributed by atoms with E-state index in [0.717, 1.165) is 12.3 Å². The minimum atomic E-state index is -4.78. The van der Waals surface area contributed by atoms with Crippen LogP contribution in [-0.2, 0) is 10.0 Å². The van der Waals surface area contributed by atoms with Crippen molar-refractivity contribution < 1.29 is 35.1 Å². The van der Waals surface area contributed by atoms with Crippen molar-refractivity contribution >= 4 is 26.8 Å². The summed E-state index contributed by atoms with van der Waals surface area (Å²) >= 11 is 0. The molecule has 14 heteroatoms. The molecule has 0 amide bonds. The monoisotopic (exact) mass is 511 g/mol. The van der Waals surface area contributed by atoms with Gasteiger partial charge in [0.25, 0.3) is 0 Å². The molecule has 35 heavy (non-hydrogen) atoms. The summed E-state index contributed by atoms with van der Waals surface area (Å²) in [7, 11) is -4.55. The van der Waals surface area contributed by atoms with Crippen LogP contribution in [0.2, 0.25) is 0 Å². The first-order chi connectivity index (χ1) is 16.4. The number of aromatic nitrogens is 3. The van der Waals surface area contributed by atoms with Crippen molar-refractivity contribution in [2.24, 2.45) is 0 Å². The summed E-state index contributed by atoms with van der Waals surface area (Å²) in [6, 6.07) is 4.50. The average molecular weight is 511 g/mol. The second-order valence-electron chi connectivity index (χ2n) is 7.28. The van der Waals surface area contributed by atoms with Crippen LogP contribution in [0.15, 0.2) is 53.6 Å². The van der Waals surface area contributed by atoms with Gasteiger partial charge in [0.15, 0.2) is 5.65 Å². The SMILES string of the molecule is C[C@H](NS(=O)(=O)c1ccc(-c2c(C#N)c3ccc(OC(F)F)nc3n2C2=CC=C2)nc1)C(F)(F)F. The minimum Gasteiger partial charge on any atom is -0.417 e. The van der Waals surface area contributed by atoms with Crippen molar-refractivity contribution in [3.63, 3.8) is 0 Å². The zero-order chi connectivity index (χ0) is 25.5. The predicted molar refractivity (Wildman–Crippen MR) is 114 cm³/mol. The van der Waals surface area contributed by atoms with Gasteiger partial charge in [-0.2, -0.15) is 36.9 Å². The Kier molecular flexibility index (Phi) is 6.07. The van der Waals surface area contributed by atoms with Crippen molar-refractivity contribution in [1.29, 1.82) is 5.26 Å². The van der Waals surface area contributed by atoms with E-state index in [0.29, 0.717) is 18.0 Å². The number of nitrogens with zero attached hydrogens (tertiary/aromatic N) is 4. The summed E-state index contributed by atoms with van der Waals surface area (Å²) in [5.41, 5.74) is 1.00. The number of allylic oxidation sites excluding steroid dienone is 4. The third kappa shape index (κ3) is 4.60. The maximum atomic E-state index is 12.8. The Balaban J connectivity index is 1.82. The molecule has 3 heterocycles. The van der Waals surface area contributed by atoms with E-state index >= 15 is 0 Å². The predicted octanol–water partition coefficient (Wildman–Crippen LogP) is 4.21. The molecule has 1 N–H and O–H groups in total. The number of pyridine rings is 2. The quantitative estimate of drug-likeness (QED) is 0.476. The van der Waals surface area contributed by atoms with Crippen molar-refractivity contribution in [3.8, 4) is 23.3 Å². The van der Waals surface area contributed by atoms with Gasteiger partial charge in [-0.1, -0.05) is 6.08 Å². The number of halogens is 5. The van der Waals surface area contributed by atoms with Gasteiger partial charge in [0.2, 0.25) is 15.9 Å². The number of hydrogen-bond donors (Lipinski definition) is 1. The van der Waals surface area contributed by atoms with Crippen LogP contribution >= 0.6 is 0 Å². The highest BCUT2D eigenvalue weighted by Gasteiger charge is 2.39. The second-order valence-corrected chi connectivity index (χ2v) is 9.00. The Morgan fingerprint density at radius 1 is 1.20 bits per heavy atom. The van der Waals surface area contributed by atoms with Gasteiger partial charge in [-0.05, 0) is 37.3 Å². The lowest BCUT2D eigenvalue weighted by Gasteiger charge is -2.17. The highest BCUT2D eigenvalue weighted by molar-refractivity contribution is 7.89. The molecule has 1 aliphatic rings. The van der Waals surface area contributed by atoms with Crippen LogP contribution in [0, 0.1) is 11.3 Å². The van der Waals surface area contributed by atoms with Crippen LogP contribution in [0.4, 0.5) is 22.0 Å². The molecule has 1 aliphatic carbocycles. The van der Waals surface area contributed by atoms with Crippen molar-refractivity contribution in [1.82, 2.24) is 19.3 Å². The first kappa shape index (κ1) is 24.3. The summed E-state index contributed by atoms with van der Waals surface area (Å²) in [6.45, 7) is -2.46. The molecule has 8 nitrogen and oxygen atoms in total. The second kappa shape index (κ2) is 8.75. The molecular weight excluding hydrogens is 497 g/mol. The molecule has 0 fully saturated rings. The van der Waals surface area contributed by atoms with Crippen LogP contribution < -0.4 is 9.46 Å². The number of hydrogen-bond acceptors (Lipinski definition) is 6. The number of rotatable bonds is 7. The van der Waals surface area contributed by atoms with Crippen molar-refractivity contribution in [3.05, 3.63) is 54.3 Å². The van der Waals surface area contributed by atoms with E-state index in [1.807, 2.05) is 6.07 Å². The summed E-state index contributed by atoms with van der Waals surface area (Å²) in [5.74, 6) is -0.384. The van der Waals surface area contributed by atoms with Gasteiger partial charge in [0.1, 0.15) is 17.0 Å². The van der Waals surface area contributed by atoms with E-state index in [1.54, 1.807) is 18.2 Å². The average Bonchev–Trinajstić information content (AvgIpc) is 3.04. The lowest BCUT2D eigenvalue weighted by atomic mass is 10.1. The molecule has 0 radical (unpaired) electrons. The van der Waals surface area contributed by atoms with Gasteiger partial charge < -0.3 is 4.74 Å². The Morgan fingerprint density at radius 3 is 2.43 bits per heavy atom. The Labute approximate surface area is 195 Å². The smallest absolute Gasteiger partial charge is 0.404 e. The molecule has 0 aromatic carbocycles. The fraction of sp³-hybridized carbons (Fsp3) is 0.190. The minimum absolute atomic E-state index is 0.0734. The zero-order valence-corrected chi connectivity index (χ0v) is 18.4. The van der Waals surface area contributed by atoms with Crippen LogP contribution in [0.25, 0.3) is 28.1 Å². The highest BCUT2D eigenvalue weighted by atomic mass is 32.2. The van der Waals surface area contributed by atoms with E-state index < -0.39 is 33.7 Å². The largest absolute Gasteiger partial charge is 0.417 e. The lowest BCUT2D eigenvalue weighted by molar-refractivity contribution is -0.147. The highest BCUT2D eigenvalue weighted by Crippen LogP contribution is 2.37. The molecule has 0 spiro atoms. The third-order valence-corrected chi connectivity index (χ3v) is 6.54. The Morgan fingerprint density at radius 2 is 1.91 bits per heavy atom. The molecule has 182 valence electrons. The molecule has 3 aromatic heterocycles. The van der Waals surface area contributed by atoms with Crippen molar-refractivity contribution in [2.75, 3.05) is 0 Å². The van der Waals surface area contributed by atoms with E-state index in [-0.39, 0.29) is 28.5 Å². The molecular formula is C21H14F5N5O3S. The first-order valence-electron chi connectivity index (χ1n) is 9.77. The molecule has 3 aromatic rings. The van der Waals surface area contributed by atoms with E-state index in [1.165, 1.54) is 27.5 Å². The van der Waals surface area contributed by atoms with E-state index in [9.17, 15) is 35.6 Å². The Hall–Kier alpha value is -3.83. The lowest BCUT2D eigenvalue weighted by Crippen LogP contribution is -2.42. The fourth-order valence-electron chi connectivity index (χ4n) is 3.28. The summed E-state index contributed by atoms with van der Waals surface area (Å²) in [6.07, 6.45) is 1.08. The van der Waals surface area contributed by atoms with Crippen LogP contribution in [-0.4, -0.2) is 41.8 Å². The van der Waals surface area contributed by atoms with Gasteiger partial charge in [-0.3, -0.25) is 9.55 Å². The molecule has 0 aliphatic heterocycles. The zero-order valence-electron chi connectivity index (χ0n) is 17.6. The maximum absolute atomic E-state index is 12.8. The molecule has 0 saturated carbocycles. The number of nitrogens with one attached hydrogen (secondary N) is 1. The first-order valence-corrected chi connectivity index (χ1v) is 11.3. The fourth-order valence-corrected chi connectivity index (χ4v) is 4.46. The van der Waals surface area contributed by atoms with Gasteiger partial charge in [0.05, 0.1) is 17.0 Å². The summed E-state index contributed by atoms with van der Waals surface area (Å²) < 4.78 is 95.7. The standard InChI is InChI=1S/C21H14F5N5O3S/c1-11(21(24,25)26)30-35(32,33)13-5-7-16(28-10-13)18-15(9-27)14-6-8-17(34-20(22)23)29-19(14)31(18)12-3-2-4-12/h2-8,10-11,20,30H,1H3/t11-/m0/s1. The normalized spacial score (nSPS) is 14.5. The molecule has 0 saturated heterocycles. The molecule has 0 bridgehead atoms. The number of nitriles is 1. The molecule has 0 unspecified atom stereocenters. The number of fused-ring (bicyclic) bond motifs is 1. The van der Waals surface area contributed by atoms with Crippen molar-refractivity contribution in [2.45, 2.75) is 30.6 Å². The molecule has 4 rings (SSSR count). The summed E-state index contributed by atoms with van der Waals surface area (Å²) in [5, 5.41) is 10.1. The van der Waals surface area contributed by atoms with E-state index in [2.05, 4.69) is 14.7 Å². The third-order valence-electron chi connectivity index (χ3n) is 5.02.